The molecule has 0 N–H and O–H groups in total. The lowest BCUT2D eigenvalue weighted by molar-refractivity contribution is 0.305. The van der Waals surface area contributed by atoms with Crippen LogP contribution < -0.4 is 0 Å². The summed E-state index contributed by atoms with van der Waals surface area (Å²) in [5.74, 6) is -0.187. The van der Waals surface area contributed by atoms with Gasteiger partial charge < -0.3 is 0 Å². The van der Waals surface area contributed by atoms with Crippen molar-refractivity contribution in [2.45, 2.75) is 24.0 Å². The van der Waals surface area contributed by atoms with Crippen molar-refractivity contribution in [3.05, 3.63) is 11.2 Å². The average Bonchev–Trinajstić information content (AvgIpc) is 2.76. The van der Waals surface area contributed by atoms with E-state index in [-0.39, 0.29) is 10.1 Å². The minimum absolute atomic E-state index is 0.187. The third-order valence-electron chi connectivity index (χ3n) is 2.76. The molecule has 1 atom stereocenters. The highest BCUT2D eigenvalue weighted by molar-refractivity contribution is 7.91. The molecule has 7 heteroatoms. The molecule has 1 unspecified atom stereocenters. The Balaban J connectivity index is 2.24. The Morgan fingerprint density at radius 2 is 2.41 bits per heavy atom. The number of aromatic nitrogens is 1. The zero-order valence-electron chi connectivity index (χ0n) is 9.46. The molecule has 0 aliphatic carbocycles. The molecule has 0 spiro atoms. The molecule has 1 saturated heterocycles. The molecule has 92 valence electrons. The van der Waals surface area contributed by atoms with Crippen molar-refractivity contribution in [3.63, 3.8) is 0 Å². The lowest BCUT2D eigenvalue weighted by Crippen LogP contribution is -2.39. The van der Waals surface area contributed by atoms with Gasteiger partial charge in [0.2, 0.25) is 0 Å². The molecule has 1 fully saturated rings. The number of thiazole rings is 1. The standard InChI is InChI=1S/C10H13N3O2S2/c1-8-12-6-10(16-8)17(14,15)13-4-2-3-9(5-11)7-13/h6,9H,2-4,7H2,1H3. The Hall–Kier alpha value is -0.970. The van der Waals surface area contributed by atoms with Crippen LogP contribution in [0.3, 0.4) is 0 Å². The van der Waals surface area contributed by atoms with Crippen LogP contribution in [0.4, 0.5) is 0 Å². The fourth-order valence-electron chi connectivity index (χ4n) is 1.85. The first kappa shape index (κ1) is 12.5. The fraction of sp³-hybridized carbons (Fsp3) is 0.600. The van der Waals surface area contributed by atoms with Crippen LogP contribution >= 0.6 is 11.3 Å². The predicted molar refractivity (Wildman–Crippen MR) is 63.9 cm³/mol. The van der Waals surface area contributed by atoms with Gasteiger partial charge in [-0.05, 0) is 19.8 Å². The van der Waals surface area contributed by atoms with Gasteiger partial charge in [-0.25, -0.2) is 13.4 Å². The van der Waals surface area contributed by atoms with Crippen molar-refractivity contribution in [2.24, 2.45) is 5.92 Å². The normalized spacial score (nSPS) is 22.2. The number of nitrogens with zero attached hydrogens (tertiary/aromatic N) is 3. The van der Waals surface area contributed by atoms with Crippen molar-refractivity contribution in [1.29, 1.82) is 5.26 Å². The summed E-state index contributed by atoms with van der Waals surface area (Å²) in [4.78, 5) is 3.96. The second-order valence-electron chi connectivity index (χ2n) is 4.03. The van der Waals surface area contributed by atoms with Gasteiger partial charge in [0.15, 0.2) is 4.21 Å². The van der Waals surface area contributed by atoms with Crippen LogP contribution in [-0.2, 0) is 10.0 Å². The van der Waals surface area contributed by atoms with Crippen molar-refractivity contribution in [3.8, 4) is 6.07 Å². The Morgan fingerprint density at radius 1 is 1.65 bits per heavy atom. The Kier molecular flexibility index (Phi) is 3.47. The molecular formula is C10H13N3O2S2. The zero-order chi connectivity index (χ0) is 12.5. The number of rotatable bonds is 2. The second kappa shape index (κ2) is 4.72. The monoisotopic (exact) mass is 271 g/mol. The largest absolute Gasteiger partial charge is 0.254 e. The molecule has 1 aliphatic rings. The molecule has 1 aliphatic heterocycles. The van der Waals surface area contributed by atoms with Crippen molar-refractivity contribution >= 4 is 21.4 Å². The molecule has 1 aromatic heterocycles. The second-order valence-corrected chi connectivity index (χ2v) is 7.43. The summed E-state index contributed by atoms with van der Waals surface area (Å²) >= 11 is 1.17. The summed E-state index contributed by atoms with van der Waals surface area (Å²) in [5, 5.41) is 9.60. The van der Waals surface area contributed by atoms with Crippen LogP contribution in [0.2, 0.25) is 0 Å². The summed E-state index contributed by atoms with van der Waals surface area (Å²) in [6, 6.07) is 2.14. The molecule has 17 heavy (non-hydrogen) atoms. The van der Waals surface area contributed by atoms with Crippen LogP contribution in [0.1, 0.15) is 17.8 Å². The van der Waals surface area contributed by atoms with E-state index in [2.05, 4.69) is 11.1 Å². The quantitative estimate of drug-likeness (QED) is 0.814. The Bertz CT molecular complexity index is 544. The lowest BCUT2D eigenvalue weighted by atomic mass is 10.0. The first-order valence-electron chi connectivity index (χ1n) is 5.36. The summed E-state index contributed by atoms with van der Waals surface area (Å²) in [5.41, 5.74) is 0. The van der Waals surface area contributed by atoms with Crippen molar-refractivity contribution < 1.29 is 8.42 Å². The summed E-state index contributed by atoms with van der Waals surface area (Å²) in [6.45, 7) is 2.57. The topological polar surface area (TPSA) is 74.1 Å². The van der Waals surface area contributed by atoms with E-state index in [1.54, 1.807) is 6.92 Å². The van der Waals surface area contributed by atoms with Gasteiger partial charge in [-0.1, -0.05) is 0 Å². The fourth-order valence-corrected chi connectivity index (χ4v) is 4.64. The van der Waals surface area contributed by atoms with Gasteiger partial charge in [0.05, 0.1) is 23.2 Å². The summed E-state index contributed by atoms with van der Waals surface area (Å²) in [7, 11) is -3.45. The number of sulfonamides is 1. The van der Waals surface area contributed by atoms with Gasteiger partial charge in [0.25, 0.3) is 10.0 Å². The third-order valence-corrected chi connectivity index (χ3v) is 5.98. The summed E-state index contributed by atoms with van der Waals surface area (Å²) in [6.07, 6.45) is 2.92. The SMILES string of the molecule is Cc1ncc(S(=O)(=O)N2CCCC(C#N)C2)s1. The van der Waals surface area contributed by atoms with Crippen molar-refractivity contribution in [1.82, 2.24) is 9.29 Å². The number of hydrogen-bond acceptors (Lipinski definition) is 5. The van der Waals surface area contributed by atoms with Gasteiger partial charge >= 0.3 is 0 Å². The molecule has 2 heterocycles. The molecule has 1 aromatic rings. The lowest BCUT2D eigenvalue weighted by Gasteiger charge is -2.27. The van der Waals surface area contributed by atoms with Gasteiger partial charge in [-0.15, -0.1) is 11.3 Å². The minimum Gasteiger partial charge on any atom is -0.249 e. The molecule has 0 amide bonds. The molecular weight excluding hydrogens is 258 g/mol. The maximum absolute atomic E-state index is 12.2. The van der Waals surface area contributed by atoms with Gasteiger partial charge in [0, 0.05) is 13.1 Å². The van der Waals surface area contributed by atoms with E-state index in [1.807, 2.05) is 0 Å². The van der Waals surface area contributed by atoms with Gasteiger partial charge in [-0.2, -0.15) is 9.57 Å². The highest BCUT2D eigenvalue weighted by Gasteiger charge is 2.31. The van der Waals surface area contributed by atoms with E-state index in [1.165, 1.54) is 21.8 Å². The Morgan fingerprint density at radius 3 is 3.00 bits per heavy atom. The zero-order valence-corrected chi connectivity index (χ0v) is 11.1. The molecule has 5 nitrogen and oxygen atoms in total. The average molecular weight is 271 g/mol. The van der Waals surface area contributed by atoms with Crippen LogP contribution in [0.25, 0.3) is 0 Å². The van der Waals surface area contributed by atoms with Crippen molar-refractivity contribution in [2.75, 3.05) is 13.1 Å². The number of hydrogen-bond donors (Lipinski definition) is 0. The number of piperidine rings is 1. The van der Waals surface area contributed by atoms with Gasteiger partial charge in [-0.3, -0.25) is 0 Å². The molecule has 0 bridgehead atoms. The van der Waals surface area contributed by atoms with Crippen LogP contribution in [0.5, 0.6) is 0 Å². The maximum Gasteiger partial charge on any atom is 0.254 e. The smallest absolute Gasteiger partial charge is 0.249 e. The van der Waals surface area contributed by atoms with Crippen LogP contribution in [0.15, 0.2) is 10.4 Å². The Labute approximate surface area is 105 Å². The first-order valence-corrected chi connectivity index (χ1v) is 7.62. The number of aryl methyl sites for hydroxylation is 1. The third kappa shape index (κ3) is 2.49. The molecule has 0 aromatic carbocycles. The van der Waals surface area contributed by atoms with E-state index in [0.29, 0.717) is 13.1 Å². The van der Waals surface area contributed by atoms with Gasteiger partial charge in [0.1, 0.15) is 0 Å². The van der Waals surface area contributed by atoms with E-state index in [0.717, 1.165) is 17.8 Å². The molecule has 0 radical (unpaired) electrons. The highest BCUT2D eigenvalue weighted by Crippen LogP contribution is 2.26. The predicted octanol–water partition coefficient (Wildman–Crippen LogP) is 1.38. The summed E-state index contributed by atoms with van der Waals surface area (Å²) < 4.78 is 26.2. The highest BCUT2D eigenvalue weighted by atomic mass is 32.2. The van der Waals surface area contributed by atoms with E-state index in [4.69, 9.17) is 5.26 Å². The van der Waals surface area contributed by atoms with E-state index >= 15 is 0 Å². The molecule has 0 saturated carbocycles. The van der Waals surface area contributed by atoms with E-state index < -0.39 is 10.0 Å². The van der Waals surface area contributed by atoms with Crippen LogP contribution in [-0.4, -0.2) is 30.8 Å². The van der Waals surface area contributed by atoms with Crippen LogP contribution in [0, 0.1) is 24.2 Å². The maximum atomic E-state index is 12.2. The molecule has 2 rings (SSSR count). The first-order chi connectivity index (χ1) is 8.04. The van der Waals surface area contributed by atoms with E-state index in [9.17, 15) is 8.42 Å². The minimum atomic E-state index is -3.45. The number of nitriles is 1.